The lowest BCUT2D eigenvalue weighted by Crippen LogP contribution is -2.04. The summed E-state index contributed by atoms with van der Waals surface area (Å²) in [7, 11) is 0. The third-order valence-electron chi connectivity index (χ3n) is 4.46. The van der Waals surface area contributed by atoms with E-state index in [0.717, 1.165) is 27.4 Å². The van der Waals surface area contributed by atoms with E-state index in [9.17, 15) is 0 Å². The molecule has 29 heavy (non-hydrogen) atoms. The van der Waals surface area contributed by atoms with Crippen LogP contribution in [0.5, 0.6) is 11.5 Å². The molecule has 1 N–H and O–H groups in total. The average molecular weight is 451 g/mol. The molecule has 0 bridgehead atoms. The molecular formula is C23H22Cl3NO2. The van der Waals surface area contributed by atoms with Crippen molar-refractivity contribution in [2.24, 2.45) is 0 Å². The molecule has 0 spiro atoms. The molecule has 0 heterocycles. The monoisotopic (exact) mass is 449 g/mol. The molecule has 3 aromatic carbocycles. The maximum Gasteiger partial charge on any atom is 0.161 e. The summed E-state index contributed by atoms with van der Waals surface area (Å²) >= 11 is 18.4. The quantitative estimate of drug-likeness (QED) is 0.384. The van der Waals surface area contributed by atoms with Crippen LogP contribution in [0.25, 0.3) is 0 Å². The lowest BCUT2D eigenvalue weighted by atomic mass is 10.1. The minimum absolute atomic E-state index is 0.329. The minimum Gasteiger partial charge on any atom is -0.490 e. The molecule has 3 nitrogen and oxygen atoms in total. The van der Waals surface area contributed by atoms with Crippen molar-refractivity contribution in [3.63, 3.8) is 0 Å². The molecule has 0 aliphatic heterocycles. The van der Waals surface area contributed by atoms with Crippen LogP contribution in [0.15, 0.2) is 54.6 Å². The standard InChI is InChI=1S/C23H22Cl3NO2/c1-3-28-23-11-16(13-27-21-6-4-5-19(25)15(21)2)7-10-22(23)29-14-17-8-9-18(24)12-20(17)26/h4-12,27H,3,13-14H2,1-2H3. The highest BCUT2D eigenvalue weighted by Gasteiger charge is 2.10. The molecule has 3 aromatic rings. The first-order valence-electron chi connectivity index (χ1n) is 9.29. The molecule has 0 aliphatic rings. The van der Waals surface area contributed by atoms with Gasteiger partial charge in [0.25, 0.3) is 0 Å². The van der Waals surface area contributed by atoms with Crippen molar-refractivity contribution < 1.29 is 9.47 Å². The number of hydrogen-bond donors (Lipinski definition) is 1. The Morgan fingerprint density at radius 3 is 2.45 bits per heavy atom. The summed E-state index contributed by atoms with van der Waals surface area (Å²) in [4.78, 5) is 0. The van der Waals surface area contributed by atoms with Gasteiger partial charge in [-0.2, -0.15) is 0 Å². The van der Waals surface area contributed by atoms with Crippen molar-refractivity contribution >= 4 is 40.5 Å². The van der Waals surface area contributed by atoms with Gasteiger partial charge in [-0.05, 0) is 61.4 Å². The zero-order valence-electron chi connectivity index (χ0n) is 16.3. The van der Waals surface area contributed by atoms with Crippen LogP contribution in [0.3, 0.4) is 0 Å². The highest BCUT2D eigenvalue weighted by molar-refractivity contribution is 6.35. The molecule has 0 fully saturated rings. The lowest BCUT2D eigenvalue weighted by molar-refractivity contribution is 0.269. The normalized spacial score (nSPS) is 10.7. The molecular weight excluding hydrogens is 429 g/mol. The molecule has 0 saturated heterocycles. The molecule has 0 aliphatic carbocycles. The molecule has 6 heteroatoms. The molecule has 0 amide bonds. The fraction of sp³-hybridized carbons (Fsp3) is 0.217. The van der Waals surface area contributed by atoms with Crippen LogP contribution in [-0.4, -0.2) is 6.61 Å². The topological polar surface area (TPSA) is 30.5 Å². The summed E-state index contributed by atoms with van der Waals surface area (Å²) in [5, 5.41) is 5.34. The predicted molar refractivity (Wildman–Crippen MR) is 122 cm³/mol. The van der Waals surface area contributed by atoms with E-state index in [1.165, 1.54) is 0 Å². The van der Waals surface area contributed by atoms with Gasteiger partial charge in [0.05, 0.1) is 6.61 Å². The lowest BCUT2D eigenvalue weighted by Gasteiger charge is -2.15. The number of rotatable bonds is 8. The summed E-state index contributed by atoms with van der Waals surface area (Å²) in [6, 6.07) is 17.1. The van der Waals surface area contributed by atoms with Gasteiger partial charge < -0.3 is 14.8 Å². The molecule has 0 aromatic heterocycles. The van der Waals surface area contributed by atoms with Gasteiger partial charge in [-0.3, -0.25) is 0 Å². The Morgan fingerprint density at radius 1 is 0.862 bits per heavy atom. The van der Waals surface area contributed by atoms with E-state index in [1.54, 1.807) is 12.1 Å². The van der Waals surface area contributed by atoms with E-state index in [-0.39, 0.29) is 0 Å². The highest BCUT2D eigenvalue weighted by Crippen LogP contribution is 2.31. The van der Waals surface area contributed by atoms with Crippen LogP contribution in [0.1, 0.15) is 23.6 Å². The van der Waals surface area contributed by atoms with Gasteiger partial charge in [-0.1, -0.05) is 53.0 Å². The molecule has 0 atom stereocenters. The fourth-order valence-corrected chi connectivity index (χ4v) is 3.48. The van der Waals surface area contributed by atoms with Crippen molar-refractivity contribution in [1.82, 2.24) is 0 Å². The molecule has 152 valence electrons. The number of benzene rings is 3. The van der Waals surface area contributed by atoms with Crippen LogP contribution in [-0.2, 0) is 13.2 Å². The molecule has 3 rings (SSSR count). The van der Waals surface area contributed by atoms with Crippen LogP contribution >= 0.6 is 34.8 Å². The Kier molecular flexibility index (Phi) is 7.54. The van der Waals surface area contributed by atoms with Gasteiger partial charge >= 0.3 is 0 Å². The maximum atomic E-state index is 6.23. The van der Waals surface area contributed by atoms with Crippen LogP contribution in [0.4, 0.5) is 5.69 Å². The first-order chi connectivity index (χ1) is 14.0. The van der Waals surface area contributed by atoms with Gasteiger partial charge in [0, 0.05) is 32.9 Å². The number of hydrogen-bond acceptors (Lipinski definition) is 3. The summed E-state index contributed by atoms with van der Waals surface area (Å²) in [6.07, 6.45) is 0. The van der Waals surface area contributed by atoms with Crippen molar-refractivity contribution in [2.75, 3.05) is 11.9 Å². The van der Waals surface area contributed by atoms with E-state index in [2.05, 4.69) is 5.32 Å². The summed E-state index contributed by atoms with van der Waals surface area (Å²) in [5.74, 6) is 1.36. The average Bonchev–Trinajstić information content (AvgIpc) is 2.70. The smallest absolute Gasteiger partial charge is 0.161 e. The third kappa shape index (κ3) is 5.72. The second-order valence-corrected chi connectivity index (χ2v) is 7.76. The van der Waals surface area contributed by atoms with Gasteiger partial charge in [0.2, 0.25) is 0 Å². The van der Waals surface area contributed by atoms with Gasteiger partial charge in [-0.25, -0.2) is 0 Å². The van der Waals surface area contributed by atoms with Crippen LogP contribution < -0.4 is 14.8 Å². The van der Waals surface area contributed by atoms with Crippen LogP contribution in [0, 0.1) is 6.92 Å². The minimum atomic E-state index is 0.329. The highest BCUT2D eigenvalue weighted by atomic mass is 35.5. The zero-order chi connectivity index (χ0) is 20.8. The first kappa shape index (κ1) is 21.6. The maximum absolute atomic E-state index is 6.23. The second kappa shape index (κ2) is 10.1. The molecule has 0 radical (unpaired) electrons. The summed E-state index contributed by atoms with van der Waals surface area (Å²) < 4.78 is 11.7. The Balaban J connectivity index is 1.71. The SMILES string of the molecule is CCOc1cc(CNc2cccc(Cl)c2C)ccc1OCc1ccc(Cl)cc1Cl. The predicted octanol–water partition coefficient (Wildman–Crippen LogP) is 7.55. The Hall–Kier alpha value is -2.07. The number of ether oxygens (including phenoxy) is 2. The third-order valence-corrected chi connectivity index (χ3v) is 5.45. The Labute approximate surface area is 186 Å². The molecule has 0 saturated carbocycles. The number of halogens is 3. The van der Waals surface area contributed by atoms with E-state index < -0.39 is 0 Å². The summed E-state index contributed by atoms with van der Waals surface area (Å²) in [5.41, 5.74) is 3.97. The van der Waals surface area contributed by atoms with Crippen molar-refractivity contribution in [1.29, 1.82) is 0 Å². The van der Waals surface area contributed by atoms with Gasteiger partial charge in [0.15, 0.2) is 11.5 Å². The van der Waals surface area contributed by atoms with Gasteiger partial charge in [-0.15, -0.1) is 0 Å². The Bertz CT molecular complexity index is 992. The zero-order valence-corrected chi connectivity index (χ0v) is 18.5. The van der Waals surface area contributed by atoms with E-state index in [1.807, 2.05) is 56.3 Å². The van der Waals surface area contributed by atoms with Crippen molar-refractivity contribution in [3.05, 3.63) is 86.4 Å². The molecule has 0 unspecified atom stereocenters. The van der Waals surface area contributed by atoms with E-state index in [4.69, 9.17) is 44.3 Å². The van der Waals surface area contributed by atoms with E-state index >= 15 is 0 Å². The summed E-state index contributed by atoms with van der Waals surface area (Å²) in [6.45, 7) is 5.46. The second-order valence-electron chi connectivity index (χ2n) is 6.50. The van der Waals surface area contributed by atoms with Crippen molar-refractivity contribution in [3.8, 4) is 11.5 Å². The Morgan fingerprint density at radius 2 is 1.69 bits per heavy atom. The number of anilines is 1. The first-order valence-corrected chi connectivity index (χ1v) is 10.4. The van der Waals surface area contributed by atoms with Crippen LogP contribution in [0.2, 0.25) is 15.1 Å². The van der Waals surface area contributed by atoms with Crippen molar-refractivity contribution in [2.45, 2.75) is 27.0 Å². The fourth-order valence-electron chi connectivity index (χ4n) is 2.84. The largest absolute Gasteiger partial charge is 0.490 e. The van der Waals surface area contributed by atoms with E-state index in [0.29, 0.717) is 41.3 Å². The van der Waals surface area contributed by atoms with Gasteiger partial charge in [0.1, 0.15) is 6.61 Å². The number of nitrogens with one attached hydrogen (secondary N) is 1.